The van der Waals surface area contributed by atoms with Gasteiger partial charge in [0, 0.05) is 56.1 Å². The predicted octanol–water partition coefficient (Wildman–Crippen LogP) is 5.54. The summed E-state index contributed by atoms with van der Waals surface area (Å²) < 4.78 is 10.9. The third-order valence-corrected chi connectivity index (χ3v) is 8.81. The van der Waals surface area contributed by atoms with E-state index >= 15 is 0 Å². The summed E-state index contributed by atoms with van der Waals surface area (Å²) in [5.74, 6) is 3.17. The van der Waals surface area contributed by atoms with Gasteiger partial charge in [-0.2, -0.15) is 0 Å². The molecule has 0 spiro atoms. The van der Waals surface area contributed by atoms with E-state index in [0.29, 0.717) is 34.5 Å². The zero-order valence-electron chi connectivity index (χ0n) is 22.5. The summed E-state index contributed by atoms with van der Waals surface area (Å²) in [6.07, 6.45) is 5.81. The number of ether oxygens (including phenoxy) is 2. The van der Waals surface area contributed by atoms with Gasteiger partial charge >= 0.3 is 0 Å². The van der Waals surface area contributed by atoms with Crippen molar-refractivity contribution in [1.82, 2.24) is 20.2 Å². The Morgan fingerprint density at radius 2 is 1.77 bits per heavy atom. The van der Waals surface area contributed by atoms with Gasteiger partial charge in [0.2, 0.25) is 6.79 Å². The molecule has 6 rings (SSSR count). The van der Waals surface area contributed by atoms with Crippen LogP contribution in [0, 0.1) is 0 Å². The van der Waals surface area contributed by atoms with Crippen LogP contribution in [0.4, 0.5) is 5.82 Å². The molecular formula is C30H34ClN5O3S. The Hall–Kier alpha value is -3.01. The maximum atomic E-state index is 12.8. The Morgan fingerprint density at radius 3 is 2.62 bits per heavy atom. The van der Waals surface area contributed by atoms with E-state index in [1.54, 1.807) is 0 Å². The summed E-state index contributed by atoms with van der Waals surface area (Å²) in [6.45, 7) is 4.74. The molecular weight excluding hydrogens is 546 g/mol. The maximum absolute atomic E-state index is 12.8. The molecule has 3 aliphatic rings. The number of thioether (sulfide) groups is 1. The van der Waals surface area contributed by atoms with Crippen molar-refractivity contribution < 1.29 is 14.3 Å². The van der Waals surface area contributed by atoms with Crippen LogP contribution in [-0.4, -0.2) is 59.8 Å². The fourth-order valence-electron chi connectivity index (χ4n) is 5.51. The van der Waals surface area contributed by atoms with Crippen LogP contribution >= 0.6 is 23.4 Å². The number of fused-ring (bicyclic) bond motifs is 1. The Balaban J connectivity index is 1.03. The molecule has 2 aromatic carbocycles. The molecule has 1 N–H and O–H groups in total. The molecule has 0 bridgehead atoms. The maximum Gasteiger partial charge on any atom is 0.251 e. The number of anilines is 1. The molecule has 10 heteroatoms. The molecule has 1 saturated carbocycles. The molecule has 0 atom stereocenters. The average Bonchev–Trinajstić information content (AvgIpc) is 3.45. The zero-order valence-corrected chi connectivity index (χ0v) is 24.1. The summed E-state index contributed by atoms with van der Waals surface area (Å²) in [5.41, 5.74) is 2.98. The van der Waals surface area contributed by atoms with Crippen molar-refractivity contribution in [2.24, 2.45) is 0 Å². The van der Waals surface area contributed by atoms with E-state index in [9.17, 15) is 4.79 Å². The second-order valence-corrected chi connectivity index (χ2v) is 11.9. The fraction of sp³-hybridized carbons (Fsp3) is 0.433. The molecule has 3 aromatic rings. The second-order valence-electron chi connectivity index (χ2n) is 10.6. The number of amides is 1. The lowest BCUT2D eigenvalue weighted by molar-refractivity contribution is 0.0927. The molecule has 8 nitrogen and oxygen atoms in total. The number of aromatic nitrogens is 2. The van der Waals surface area contributed by atoms with Crippen molar-refractivity contribution in [3.63, 3.8) is 0 Å². The molecule has 1 amide bonds. The number of benzene rings is 2. The van der Waals surface area contributed by atoms with E-state index < -0.39 is 0 Å². The highest BCUT2D eigenvalue weighted by Gasteiger charge is 2.21. The number of carbonyl (C=O) groups is 1. The largest absolute Gasteiger partial charge is 0.454 e. The van der Waals surface area contributed by atoms with Crippen LogP contribution in [0.15, 0.2) is 53.7 Å². The normalized spacial score (nSPS) is 17.7. The first kappa shape index (κ1) is 27.2. The lowest BCUT2D eigenvalue weighted by atomic mass is 9.95. The number of hydrogen-bond donors (Lipinski definition) is 1. The van der Waals surface area contributed by atoms with Crippen LogP contribution in [0.25, 0.3) is 0 Å². The first-order chi connectivity index (χ1) is 19.6. The van der Waals surface area contributed by atoms with E-state index in [-0.39, 0.29) is 5.91 Å². The molecule has 1 aliphatic carbocycles. The highest BCUT2D eigenvalue weighted by molar-refractivity contribution is 7.98. The summed E-state index contributed by atoms with van der Waals surface area (Å²) in [7, 11) is 0. The van der Waals surface area contributed by atoms with Gasteiger partial charge in [-0.3, -0.25) is 9.69 Å². The number of piperazine rings is 1. The van der Waals surface area contributed by atoms with Crippen LogP contribution in [0.5, 0.6) is 11.5 Å². The van der Waals surface area contributed by atoms with Crippen molar-refractivity contribution in [3.05, 3.63) is 70.4 Å². The van der Waals surface area contributed by atoms with Gasteiger partial charge in [0.1, 0.15) is 11.0 Å². The first-order valence-electron chi connectivity index (χ1n) is 14.0. The molecule has 210 valence electrons. The van der Waals surface area contributed by atoms with Gasteiger partial charge < -0.3 is 19.7 Å². The van der Waals surface area contributed by atoms with Gasteiger partial charge in [-0.05, 0) is 48.2 Å². The zero-order chi connectivity index (χ0) is 27.3. The molecule has 3 heterocycles. The smallest absolute Gasteiger partial charge is 0.251 e. The summed E-state index contributed by atoms with van der Waals surface area (Å²) in [5, 5.41) is 4.29. The molecule has 0 unspecified atom stereocenters. The molecule has 1 aromatic heterocycles. The lowest BCUT2D eigenvalue weighted by Gasteiger charge is -2.35. The highest BCUT2D eigenvalue weighted by atomic mass is 35.5. The molecule has 0 radical (unpaired) electrons. The Kier molecular flexibility index (Phi) is 8.60. The topological polar surface area (TPSA) is 79.8 Å². The van der Waals surface area contributed by atoms with Crippen LogP contribution < -0.4 is 19.7 Å². The van der Waals surface area contributed by atoms with Gasteiger partial charge in [0.05, 0.1) is 0 Å². The van der Waals surface area contributed by atoms with Crippen molar-refractivity contribution >= 4 is 35.1 Å². The van der Waals surface area contributed by atoms with Crippen molar-refractivity contribution in [2.75, 3.05) is 37.9 Å². The number of hydrogen-bond acceptors (Lipinski definition) is 8. The van der Waals surface area contributed by atoms with Crippen LogP contribution in [0.3, 0.4) is 0 Å². The van der Waals surface area contributed by atoms with Crippen molar-refractivity contribution in [1.29, 1.82) is 0 Å². The Labute approximate surface area is 244 Å². The van der Waals surface area contributed by atoms with Crippen LogP contribution in [-0.2, 0) is 12.3 Å². The standard InChI is InChI=1S/C30H34ClN5O3S/c31-27-17-28(36-13-11-35(12-14-36)18-21-9-10-25-26(16-21)39-20-38-25)34-30(33-27)40-19-22-5-4-6-23(15-22)29(37)32-24-7-2-1-3-8-24/h4-6,9-10,15-17,24H,1-3,7-8,11-14,18-20H2,(H,32,37). The number of nitrogens with one attached hydrogen (secondary N) is 1. The minimum Gasteiger partial charge on any atom is -0.454 e. The van der Waals surface area contributed by atoms with Gasteiger partial charge in [-0.1, -0.05) is 60.8 Å². The Morgan fingerprint density at radius 1 is 0.950 bits per heavy atom. The van der Waals surface area contributed by atoms with E-state index in [1.165, 1.54) is 36.6 Å². The van der Waals surface area contributed by atoms with Gasteiger partial charge in [0.25, 0.3) is 5.91 Å². The molecule has 40 heavy (non-hydrogen) atoms. The Bertz CT molecular complexity index is 1340. The third kappa shape index (κ3) is 6.82. The molecule has 1 saturated heterocycles. The summed E-state index contributed by atoms with van der Waals surface area (Å²) in [4.78, 5) is 26.8. The van der Waals surface area contributed by atoms with Crippen LogP contribution in [0.1, 0.15) is 53.6 Å². The summed E-state index contributed by atoms with van der Waals surface area (Å²) >= 11 is 7.95. The van der Waals surface area contributed by atoms with E-state index in [1.807, 2.05) is 36.4 Å². The predicted molar refractivity (Wildman–Crippen MR) is 157 cm³/mol. The minimum atomic E-state index is 0.0118. The molecule has 2 fully saturated rings. The van der Waals surface area contributed by atoms with Crippen molar-refractivity contribution in [3.8, 4) is 11.5 Å². The number of carbonyl (C=O) groups excluding carboxylic acids is 1. The monoisotopic (exact) mass is 579 g/mol. The molecule has 2 aliphatic heterocycles. The number of nitrogens with zero attached hydrogens (tertiary/aromatic N) is 4. The van der Waals surface area contributed by atoms with Crippen molar-refractivity contribution in [2.45, 2.75) is 55.6 Å². The third-order valence-electron chi connectivity index (χ3n) is 7.70. The lowest BCUT2D eigenvalue weighted by Crippen LogP contribution is -2.46. The average molecular weight is 580 g/mol. The number of rotatable bonds is 8. The first-order valence-corrected chi connectivity index (χ1v) is 15.4. The quantitative estimate of drug-likeness (QED) is 0.212. The van der Waals surface area contributed by atoms with E-state index in [4.69, 9.17) is 26.1 Å². The fourth-order valence-corrected chi connectivity index (χ4v) is 6.53. The number of halogens is 1. The van der Waals surface area contributed by atoms with Crippen LogP contribution in [0.2, 0.25) is 5.15 Å². The van der Waals surface area contributed by atoms with E-state index in [0.717, 1.165) is 68.4 Å². The van der Waals surface area contributed by atoms with Gasteiger partial charge in [0.15, 0.2) is 16.7 Å². The van der Waals surface area contributed by atoms with Gasteiger partial charge in [-0.25, -0.2) is 9.97 Å². The van der Waals surface area contributed by atoms with Gasteiger partial charge in [-0.15, -0.1) is 0 Å². The van der Waals surface area contributed by atoms with E-state index in [2.05, 4.69) is 32.2 Å². The second kappa shape index (κ2) is 12.7. The SMILES string of the molecule is O=C(NC1CCCCC1)c1cccc(CSc2nc(Cl)cc(N3CCN(Cc4ccc5c(c4)OCO5)CC3)n2)c1. The minimum absolute atomic E-state index is 0.0118. The summed E-state index contributed by atoms with van der Waals surface area (Å²) in [6, 6.07) is 16.1. The highest BCUT2D eigenvalue weighted by Crippen LogP contribution is 2.33.